The van der Waals surface area contributed by atoms with Crippen LogP contribution in [0, 0.1) is 18.7 Å². The summed E-state index contributed by atoms with van der Waals surface area (Å²) in [5, 5.41) is 9.13. The highest BCUT2D eigenvalue weighted by Crippen LogP contribution is 2.28. The number of aliphatic hydroxyl groups excluding tert-OH is 1. The summed E-state index contributed by atoms with van der Waals surface area (Å²) >= 11 is -1.19. The number of hydrogen-bond acceptors (Lipinski definition) is 3. The minimum atomic E-state index is -1.19. The second-order valence-electron chi connectivity index (χ2n) is 5.47. The van der Waals surface area contributed by atoms with Gasteiger partial charge >= 0.3 is 0 Å². The Labute approximate surface area is 130 Å². The Morgan fingerprint density at radius 2 is 2.14 bits per heavy atom. The van der Waals surface area contributed by atoms with Crippen LogP contribution in [0.25, 0.3) is 0 Å². The summed E-state index contributed by atoms with van der Waals surface area (Å²) in [6.07, 6.45) is 2.39. The first-order valence-electron chi connectivity index (χ1n) is 7.51. The third kappa shape index (κ3) is 5.58. The zero-order chi connectivity index (χ0) is 15.8. The largest absolute Gasteiger partial charge is 0.598 e. The van der Waals surface area contributed by atoms with Gasteiger partial charge in [-0.2, -0.15) is 0 Å². The fourth-order valence-corrected chi connectivity index (χ4v) is 3.55. The number of halogens is 1. The van der Waals surface area contributed by atoms with Gasteiger partial charge in [0.15, 0.2) is 0 Å². The summed E-state index contributed by atoms with van der Waals surface area (Å²) in [4.78, 5) is 0. The van der Waals surface area contributed by atoms with Crippen LogP contribution in [0.5, 0.6) is 0 Å². The van der Waals surface area contributed by atoms with Gasteiger partial charge in [0.1, 0.15) is 11.6 Å². The van der Waals surface area contributed by atoms with E-state index in [9.17, 15) is 8.94 Å². The third-order valence-electron chi connectivity index (χ3n) is 3.65. The van der Waals surface area contributed by atoms with E-state index in [1.807, 2.05) is 19.9 Å². The first-order chi connectivity index (χ1) is 10.0. The lowest BCUT2D eigenvalue weighted by atomic mass is 9.91. The Morgan fingerprint density at radius 1 is 1.43 bits per heavy atom. The average molecular weight is 315 g/mol. The molecule has 1 aromatic rings. The number of benzene rings is 1. The molecule has 5 heteroatoms. The average Bonchev–Trinajstić information content (AvgIpc) is 2.46. The molecular formula is C16H26FNO2S. The Hall–Kier alpha value is -0.620. The number of aryl methyl sites for hydroxylation is 1. The van der Waals surface area contributed by atoms with Crippen molar-refractivity contribution in [3.8, 4) is 0 Å². The summed E-state index contributed by atoms with van der Waals surface area (Å²) in [5.41, 5.74) is 1.11. The van der Waals surface area contributed by atoms with Gasteiger partial charge in [0.2, 0.25) is 0 Å². The van der Waals surface area contributed by atoms with Gasteiger partial charge in [-0.05, 0) is 31.2 Å². The van der Waals surface area contributed by atoms with Crippen LogP contribution in [0.15, 0.2) is 18.2 Å². The molecule has 0 amide bonds. The first-order valence-corrected chi connectivity index (χ1v) is 8.83. The van der Waals surface area contributed by atoms with Gasteiger partial charge in [-0.25, -0.2) is 4.39 Å². The summed E-state index contributed by atoms with van der Waals surface area (Å²) in [6.45, 7) is 5.74. The zero-order valence-corrected chi connectivity index (χ0v) is 13.9. The van der Waals surface area contributed by atoms with Crippen molar-refractivity contribution in [1.82, 2.24) is 4.72 Å². The Bertz CT molecular complexity index is 431. The maximum absolute atomic E-state index is 14.4. The van der Waals surface area contributed by atoms with E-state index in [1.165, 1.54) is 0 Å². The van der Waals surface area contributed by atoms with E-state index in [0.717, 1.165) is 12.8 Å². The van der Waals surface area contributed by atoms with Crippen LogP contribution in [0.4, 0.5) is 4.39 Å². The molecule has 0 aromatic heterocycles. The van der Waals surface area contributed by atoms with Gasteiger partial charge in [-0.15, -0.1) is 4.72 Å². The molecule has 120 valence electrons. The lowest BCUT2D eigenvalue weighted by Gasteiger charge is -2.26. The van der Waals surface area contributed by atoms with Crippen LogP contribution >= 0.6 is 0 Å². The lowest BCUT2D eigenvalue weighted by Crippen LogP contribution is -2.35. The summed E-state index contributed by atoms with van der Waals surface area (Å²) in [7, 11) is 0. The van der Waals surface area contributed by atoms with Crippen LogP contribution in [0.3, 0.4) is 0 Å². The molecule has 0 aliphatic heterocycles. The van der Waals surface area contributed by atoms with Gasteiger partial charge in [0.05, 0.1) is 6.04 Å². The topological polar surface area (TPSA) is 55.3 Å². The van der Waals surface area contributed by atoms with E-state index >= 15 is 0 Å². The van der Waals surface area contributed by atoms with Gasteiger partial charge in [-0.3, -0.25) is 0 Å². The molecule has 0 spiro atoms. The molecule has 0 fully saturated rings. The Balaban J connectivity index is 2.93. The van der Waals surface area contributed by atoms with Crippen molar-refractivity contribution in [2.45, 2.75) is 46.1 Å². The normalized spacial score (nSPS) is 15.7. The second kappa shape index (κ2) is 9.41. The summed E-state index contributed by atoms with van der Waals surface area (Å²) < 4.78 is 29.5. The smallest absolute Gasteiger partial charge is 0.131 e. The highest BCUT2D eigenvalue weighted by molar-refractivity contribution is 7.89. The van der Waals surface area contributed by atoms with Crippen molar-refractivity contribution in [2.24, 2.45) is 5.92 Å². The molecular weight excluding hydrogens is 289 g/mol. The van der Waals surface area contributed by atoms with E-state index in [0.29, 0.717) is 23.3 Å². The van der Waals surface area contributed by atoms with E-state index in [-0.39, 0.29) is 24.4 Å². The number of rotatable bonds is 9. The molecule has 1 aromatic carbocycles. The van der Waals surface area contributed by atoms with E-state index < -0.39 is 11.4 Å². The Morgan fingerprint density at radius 3 is 2.76 bits per heavy atom. The standard InChI is InChI=1S/C16H26FNO2S/c1-4-5-11-21(20)18-16(13(3)9-10-19)14-8-6-7-12(2)15(14)17/h6-8,13,16,18-19H,4-5,9-11H2,1-3H3/t13-,16?,21+/m0/s1. The van der Waals surface area contributed by atoms with E-state index in [1.54, 1.807) is 19.1 Å². The maximum atomic E-state index is 14.4. The number of unbranched alkanes of at least 4 members (excludes halogenated alkanes) is 1. The number of nitrogens with one attached hydrogen (secondary N) is 1. The van der Waals surface area contributed by atoms with Crippen molar-refractivity contribution in [1.29, 1.82) is 0 Å². The molecule has 21 heavy (non-hydrogen) atoms. The fourth-order valence-electron chi connectivity index (χ4n) is 2.24. The van der Waals surface area contributed by atoms with Gasteiger partial charge < -0.3 is 9.66 Å². The van der Waals surface area contributed by atoms with Crippen molar-refractivity contribution in [2.75, 3.05) is 12.4 Å². The van der Waals surface area contributed by atoms with Crippen LogP contribution in [0.2, 0.25) is 0 Å². The van der Waals surface area contributed by atoms with Crippen LogP contribution in [-0.2, 0) is 11.4 Å². The Kier molecular flexibility index (Phi) is 8.26. The van der Waals surface area contributed by atoms with Gasteiger partial charge in [-0.1, -0.05) is 38.5 Å². The minimum absolute atomic E-state index is 0.00289. The van der Waals surface area contributed by atoms with Crippen molar-refractivity contribution >= 4 is 11.4 Å². The van der Waals surface area contributed by atoms with Crippen LogP contribution < -0.4 is 4.72 Å². The quantitative estimate of drug-likeness (QED) is 0.688. The molecule has 0 saturated carbocycles. The molecule has 0 heterocycles. The summed E-state index contributed by atoms with van der Waals surface area (Å²) in [5.74, 6) is 0.302. The SMILES string of the molecule is CCCC[S@@+]([O-])NC(c1cccc(C)c1F)[C@@H](C)CCO. The summed E-state index contributed by atoms with van der Waals surface area (Å²) in [6, 6.07) is 4.91. The van der Waals surface area contributed by atoms with Gasteiger partial charge in [0, 0.05) is 23.5 Å². The zero-order valence-electron chi connectivity index (χ0n) is 13.1. The molecule has 2 N–H and O–H groups in total. The van der Waals surface area contributed by atoms with Crippen molar-refractivity contribution in [3.05, 3.63) is 35.1 Å². The monoisotopic (exact) mass is 315 g/mol. The molecule has 1 unspecified atom stereocenters. The molecule has 0 bridgehead atoms. The number of aliphatic hydroxyl groups is 1. The molecule has 0 aliphatic carbocycles. The van der Waals surface area contributed by atoms with E-state index in [2.05, 4.69) is 4.72 Å². The first kappa shape index (κ1) is 18.4. The lowest BCUT2D eigenvalue weighted by molar-refractivity contribution is 0.245. The van der Waals surface area contributed by atoms with E-state index in [4.69, 9.17) is 5.11 Å². The van der Waals surface area contributed by atoms with Gasteiger partial charge in [0.25, 0.3) is 0 Å². The molecule has 3 atom stereocenters. The van der Waals surface area contributed by atoms with Crippen LogP contribution in [-0.4, -0.2) is 22.0 Å². The second-order valence-corrected chi connectivity index (χ2v) is 6.80. The maximum Gasteiger partial charge on any atom is 0.131 e. The van der Waals surface area contributed by atoms with Crippen LogP contribution in [0.1, 0.15) is 50.3 Å². The third-order valence-corrected chi connectivity index (χ3v) is 4.83. The minimum Gasteiger partial charge on any atom is -0.598 e. The molecule has 0 saturated heterocycles. The molecule has 3 nitrogen and oxygen atoms in total. The highest BCUT2D eigenvalue weighted by Gasteiger charge is 2.27. The van der Waals surface area contributed by atoms with Crippen molar-refractivity contribution in [3.63, 3.8) is 0 Å². The van der Waals surface area contributed by atoms with Crippen molar-refractivity contribution < 1.29 is 14.0 Å². The molecule has 0 radical (unpaired) electrons. The molecule has 0 aliphatic rings. The predicted molar refractivity (Wildman–Crippen MR) is 85.8 cm³/mol. The number of hydrogen-bond donors (Lipinski definition) is 2. The highest BCUT2D eigenvalue weighted by atomic mass is 32.2. The fraction of sp³-hybridized carbons (Fsp3) is 0.625. The predicted octanol–water partition coefficient (Wildman–Crippen LogP) is 3.25. The molecule has 1 rings (SSSR count).